The molecule has 52 heavy (non-hydrogen) atoms. The zero-order valence-electron chi connectivity index (χ0n) is 28.1. The van der Waals surface area contributed by atoms with E-state index < -0.39 is 0 Å². The number of furan rings is 1. The smallest absolute Gasteiger partial charge is 0.143 e. The van der Waals surface area contributed by atoms with Crippen LogP contribution in [0.15, 0.2) is 186 Å². The number of rotatable bonds is 4. The highest BCUT2D eigenvalue weighted by Crippen LogP contribution is 2.50. The first kappa shape index (κ1) is 29.3. The lowest BCUT2D eigenvalue weighted by Crippen LogP contribution is -1.91. The van der Waals surface area contributed by atoms with Crippen LogP contribution in [0.3, 0.4) is 0 Å². The van der Waals surface area contributed by atoms with Crippen LogP contribution in [0.2, 0.25) is 0 Å². The van der Waals surface area contributed by atoms with Gasteiger partial charge < -0.3 is 4.42 Å². The van der Waals surface area contributed by atoms with Crippen molar-refractivity contribution in [1.29, 1.82) is 0 Å². The quantitative estimate of drug-likeness (QED) is 0.169. The second-order valence-corrected chi connectivity index (χ2v) is 14.6. The molecular weight excluding hydrogens is 649 g/mol. The first-order chi connectivity index (χ1) is 25.8. The van der Waals surface area contributed by atoms with E-state index in [4.69, 9.17) is 4.42 Å². The average Bonchev–Trinajstić information content (AvgIpc) is 3.77. The summed E-state index contributed by atoms with van der Waals surface area (Å²) in [5.74, 6) is 0. The number of thiophene rings is 1. The highest BCUT2D eigenvalue weighted by molar-refractivity contribution is 7.23. The van der Waals surface area contributed by atoms with Crippen molar-refractivity contribution in [1.82, 2.24) is 0 Å². The van der Waals surface area contributed by atoms with Gasteiger partial charge >= 0.3 is 0 Å². The van der Waals surface area contributed by atoms with Gasteiger partial charge in [0, 0.05) is 42.4 Å². The number of para-hydroxylation sites is 1. The van der Waals surface area contributed by atoms with Crippen LogP contribution in [0.1, 0.15) is 0 Å². The molecule has 9 aromatic carbocycles. The van der Waals surface area contributed by atoms with E-state index >= 15 is 0 Å². The normalized spacial score (nSPS) is 11.8. The number of hydrogen-bond donors (Lipinski definition) is 0. The van der Waals surface area contributed by atoms with Crippen molar-refractivity contribution in [3.05, 3.63) is 182 Å². The summed E-state index contributed by atoms with van der Waals surface area (Å²) in [4.78, 5) is 1.28. The molecule has 0 spiro atoms. The SMILES string of the molecule is c1ccc(-c2sc3cc4oc5c(-c6c7ccccc7c(-c7cccc8ccccc78)c7ccccc67)cccc5c4cc3c2-c2ccccc2)cc1. The van der Waals surface area contributed by atoms with Gasteiger partial charge in [-0.05, 0) is 66.7 Å². The Morgan fingerprint density at radius 1 is 0.346 bits per heavy atom. The molecule has 2 heteroatoms. The first-order valence-electron chi connectivity index (χ1n) is 17.8. The highest BCUT2D eigenvalue weighted by Gasteiger charge is 2.23. The monoisotopic (exact) mass is 678 g/mol. The third-order valence-electron chi connectivity index (χ3n) is 10.7. The topological polar surface area (TPSA) is 13.1 Å². The summed E-state index contributed by atoms with van der Waals surface area (Å²) in [5, 5.41) is 10.9. The van der Waals surface area contributed by atoms with Crippen LogP contribution in [0.25, 0.3) is 108 Å². The van der Waals surface area contributed by atoms with Crippen molar-refractivity contribution in [3.8, 4) is 43.8 Å². The van der Waals surface area contributed by atoms with Gasteiger partial charge in [0.25, 0.3) is 0 Å². The van der Waals surface area contributed by atoms with Gasteiger partial charge in [0.2, 0.25) is 0 Å². The van der Waals surface area contributed by atoms with Crippen LogP contribution in [0.4, 0.5) is 0 Å². The van der Waals surface area contributed by atoms with Crippen molar-refractivity contribution in [3.63, 3.8) is 0 Å². The number of fused-ring (bicyclic) bond motifs is 7. The molecule has 0 aliphatic heterocycles. The maximum Gasteiger partial charge on any atom is 0.143 e. The molecule has 0 aliphatic rings. The van der Waals surface area contributed by atoms with Crippen LogP contribution in [-0.4, -0.2) is 0 Å². The van der Waals surface area contributed by atoms with Crippen molar-refractivity contribution in [2.24, 2.45) is 0 Å². The summed E-state index contributed by atoms with van der Waals surface area (Å²) in [6.45, 7) is 0. The molecule has 2 aromatic heterocycles. The fourth-order valence-electron chi connectivity index (χ4n) is 8.42. The first-order valence-corrected chi connectivity index (χ1v) is 18.6. The number of benzene rings is 9. The fraction of sp³-hybridized carbons (Fsp3) is 0. The third kappa shape index (κ3) is 4.35. The summed E-state index contributed by atoms with van der Waals surface area (Å²) in [6.07, 6.45) is 0. The zero-order valence-corrected chi connectivity index (χ0v) is 29.0. The summed E-state index contributed by atoms with van der Waals surface area (Å²) < 4.78 is 8.21. The van der Waals surface area contributed by atoms with Crippen molar-refractivity contribution in [2.75, 3.05) is 0 Å². The predicted octanol–water partition coefficient (Wildman–Crippen LogP) is 14.9. The van der Waals surface area contributed by atoms with Crippen LogP contribution >= 0.6 is 11.3 Å². The van der Waals surface area contributed by atoms with E-state index in [0.29, 0.717) is 0 Å². The van der Waals surface area contributed by atoms with E-state index in [0.717, 1.165) is 27.5 Å². The van der Waals surface area contributed by atoms with Gasteiger partial charge in [-0.2, -0.15) is 0 Å². The van der Waals surface area contributed by atoms with Gasteiger partial charge in [0.1, 0.15) is 11.2 Å². The van der Waals surface area contributed by atoms with Crippen LogP contribution in [0, 0.1) is 0 Å². The predicted molar refractivity (Wildman–Crippen MR) is 223 cm³/mol. The molecule has 0 N–H and O–H groups in total. The largest absolute Gasteiger partial charge is 0.455 e. The molecule has 11 rings (SSSR count). The molecule has 1 nitrogen and oxygen atoms in total. The average molecular weight is 679 g/mol. The minimum Gasteiger partial charge on any atom is -0.455 e. The molecule has 0 aliphatic carbocycles. The highest BCUT2D eigenvalue weighted by atomic mass is 32.1. The molecular formula is C50H30OS. The summed E-state index contributed by atoms with van der Waals surface area (Å²) >= 11 is 1.84. The molecule has 242 valence electrons. The number of hydrogen-bond acceptors (Lipinski definition) is 2. The molecule has 0 saturated heterocycles. The van der Waals surface area contributed by atoms with Crippen molar-refractivity contribution >= 4 is 75.7 Å². The maximum absolute atomic E-state index is 6.98. The van der Waals surface area contributed by atoms with E-state index in [1.165, 1.54) is 80.7 Å². The van der Waals surface area contributed by atoms with Crippen molar-refractivity contribution in [2.45, 2.75) is 0 Å². The van der Waals surface area contributed by atoms with E-state index in [1.54, 1.807) is 0 Å². The van der Waals surface area contributed by atoms with Crippen LogP contribution < -0.4 is 0 Å². The van der Waals surface area contributed by atoms with Gasteiger partial charge in [-0.15, -0.1) is 11.3 Å². The summed E-state index contributed by atoms with van der Waals surface area (Å²) in [6, 6.07) is 66.0. The Labute approximate surface area is 304 Å². The Bertz CT molecular complexity index is 3100. The molecule has 11 aromatic rings. The van der Waals surface area contributed by atoms with E-state index in [9.17, 15) is 0 Å². The molecule has 0 amide bonds. The van der Waals surface area contributed by atoms with Gasteiger partial charge in [-0.3, -0.25) is 0 Å². The molecule has 0 fully saturated rings. The molecule has 0 atom stereocenters. The van der Waals surface area contributed by atoms with E-state index in [2.05, 4.69) is 182 Å². The Morgan fingerprint density at radius 2 is 0.865 bits per heavy atom. The maximum atomic E-state index is 6.98. The van der Waals surface area contributed by atoms with Gasteiger partial charge in [-0.25, -0.2) is 0 Å². The fourth-order valence-corrected chi connectivity index (χ4v) is 9.66. The lowest BCUT2D eigenvalue weighted by Gasteiger charge is -2.18. The third-order valence-corrected chi connectivity index (χ3v) is 11.9. The Kier molecular flexibility index (Phi) is 6.49. The lowest BCUT2D eigenvalue weighted by atomic mass is 9.84. The van der Waals surface area contributed by atoms with Gasteiger partial charge in [-0.1, -0.05) is 170 Å². The van der Waals surface area contributed by atoms with E-state index in [-0.39, 0.29) is 0 Å². The Balaban J connectivity index is 1.20. The van der Waals surface area contributed by atoms with Crippen molar-refractivity contribution < 1.29 is 4.42 Å². The molecule has 0 bridgehead atoms. The standard InChI is InChI=1S/C50H30OS/c1-3-16-32(17-4-1)46-43-29-42-40-27-14-28-41(49(40)51-44(42)30-45(43)52-50(46)33-18-5-2-6-19-33)48-38-24-11-9-22-36(38)47(37-23-10-12-25-39(37)48)35-26-13-20-31-15-7-8-21-34(31)35/h1-30H. The summed E-state index contributed by atoms with van der Waals surface area (Å²) in [7, 11) is 0. The van der Waals surface area contributed by atoms with E-state index in [1.807, 2.05) is 11.3 Å². The second kappa shape index (κ2) is 11.5. The molecule has 0 unspecified atom stereocenters. The minimum atomic E-state index is 0.913. The molecule has 0 saturated carbocycles. The minimum absolute atomic E-state index is 0.913. The van der Waals surface area contributed by atoms with Crippen LogP contribution in [0.5, 0.6) is 0 Å². The molecule has 2 heterocycles. The second-order valence-electron chi connectivity index (χ2n) is 13.5. The summed E-state index contributed by atoms with van der Waals surface area (Å²) in [5.41, 5.74) is 10.4. The Hall–Kier alpha value is -6.48. The zero-order chi connectivity index (χ0) is 34.2. The Morgan fingerprint density at radius 3 is 1.56 bits per heavy atom. The van der Waals surface area contributed by atoms with Gasteiger partial charge in [0.05, 0.1) is 0 Å². The van der Waals surface area contributed by atoms with Crippen LogP contribution in [-0.2, 0) is 0 Å². The molecule has 0 radical (unpaired) electrons. The lowest BCUT2D eigenvalue weighted by molar-refractivity contribution is 0.670. The van der Waals surface area contributed by atoms with Gasteiger partial charge in [0.15, 0.2) is 0 Å².